The van der Waals surface area contributed by atoms with E-state index in [4.69, 9.17) is 0 Å². The van der Waals surface area contributed by atoms with Crippen LogP contribution in [0.1, 0.15) is 31.7 Å². The van der Waals surface area contributed by atoms with Gasteiger partial charge in [0, 0.05) is 13.0 Å². The number of carbonyl (C=O) groups excluding carboxylic acids is 2. The van der Waals surface area contributed by atoms with E-state index in [1.54, 1.807) is 7.05 Å². The van der Waals surface area contributed by atoms with E-state index < -0.39 is 0 Å². The second-order valence-corrected chi connectivity index (χ2v) is 5.18. The Bertz CT molecular complexity index is 455. The number of likely N-dealkylation sites (tertiary alicyclic amines) is 1. The number of imide groups is 1. The van der Waals surface area contributed by atoms with Crippen LogP contribution in [0.25, 0.3) is 0 Å². The summed E-state index contributed by atoms with van der Waals surface area (Å²) in [5, 5.41) is 0. The number of nitrogens with zero attached hydrogens (tertiary/aromatic N) is 1. The predicted molar refractivity (Wildman–Crippen MR) is 69.9 cm³/mol. The highest BCUT2D eigenvalue weighted by Gasteiger charge is 2.43. The topological polar surface area (TPSA) is 37.4 Å². The Hall–Kier alpha value is -1.64. The summed E-state index contributed by atoms with van der Waals surface area (Å²) in [7, 11) is 1.58. The van der Waals surface area contributed by atoms with Gasteiger partial charge < -0.3 is 0 Å². The Balaban J connectivity index is 2.11. The van der Waals surface area contributed by atoms with Gasteiger partial charge in [-0.3, -0.25) is 14.5 Å². The fourth-order valence-corrected chi connectivity index (χ4v) is 2.65. The second kappa shape index (κ2) is 4.92. The normalized spacial score (nSPS) is 25.6. The zero-order chi connectivity index (χ0) is 13.3. The molecule has 1 aliphatic heterocycles. The lowest BCUT2D eigenvalue weighted by molar-refractivity contribution is -0.138. The van der Waals surface area contributed by atoms with Crippen LogP contribution < -0.4 is 0 Å². The maximum atomic E-state index is 12.0. The van der Waals surface area contributed by atoms with Gasteiger partial charge in [0.25, 0.3) is 0 Å². The van der Waals surface area contributed by atoms with Crippen molar-refractivity contribution in [3.63, 3.8) is 0 Å². The molecule has 0 aromatic heterocycles. The zero-order valence-corrected chi connectivity index (χ0v) is 11.1. The van der Waals surface area contributed by atoms with Crippen LogP contribution in [0.2, 0.25) is 0 Å². The maximum absolute atomic E-state index is 12.0. The molecule has 0 radical (unpaired) electrons. The molecule has 1 fully saturated rings. The summed E-state index contributed by atoms with van der Waals surface area (Å²) >= 11 is 0. The molecule has 3 nitrogen and oxygen atoms in total. The van der Waals surface area contributed by atoms with E-state index in [1.807, 2.05) is 25.1 Å². The Morgan fingerprint density at radius 2 is 1.78 bits per heavy atom. The first-order valence-electron chi connectivity index (χ1n) is 6.38. The van der Waals surface area contributed by atoms with Gasteiger partial charge in [-0.25, -0.2) is 0 Å². The molecule has 0 spiro atoms. The Labute approximate surface area is 108 Å². The first-order chi connectivity index (χ1) is 8.52. The van der Waals surface area contributed by atoms with Gasteiger partial charge in [0.1, 0.15) is 0 Å². The van der Waals surface area contributed by atoms with E-state index in [-0.39, 0.29) is 23.7 Å². The van der Waals surface area contributed by atoms with Crippen molar-refractivity contribution in [2.75, 3.05) is 7.05 Å². The van der Waals surface area contributed by atoms with Crippen molar-refractivity contribution in [3.05, 3.63) is 35.9 Å². The van der Waals surface area contributed by atoms with Crippen LogP contribution >= 0.6 is 0 Å². The number of hydrogen-bond donors (Lipinski definition) is 0. The molecule has 2 amide bonds. The monoisotopic (exact) mass is 245 g/mol. The van der Waals surface area contributed by atoms with Gasteiger partial charge >= 0.3 is 0 Å². The first kappa shape index (κ1) is 12.8. The largest absolute Gasteiger partial charge is 0.285 e. The molecule has 18 heavy (non-hydrogen) atoms. The summed E-state index contributed by atoms with van der Waals surface area (Å²) < 4.78 is 0. The molecule has 96 valence electrons. The van der Waals surface area contributed by atoms with Crippen molar-refractivity contribution in [2.24, 2.45) is 11.8 Å². The fourth-order valence-electron chi connectivity index (χ4n) is 2.65. The molecule has 2 rings (SSSR count). The van der Waals surface area contributed by atoms with Crippen LogP contribution in [0.15, 0.2) is 30.3 Å². The minimum absolute atomic E-state index is 0.0321. The van der Waals surface area contributed by atoms with Crippen molar-refractivity contribution >= 4 is 11.8 Å². The molecule has 1 aromatic carbocycles. The van der Waals surface area contributed by atoms with Crippen molar-refractivity contribution in [1.29, 1.82) is 0 Å². The minimum Gasteiger partial charge on any atom is -0.285 e. The van der Waals surface area contributed by atoms with Crippen molar-refractivity contribution in [1.82, 2.24) is 4.90 Å². The van der Waals surface area contributed by atoms with Gasteiger partial charge in [-0.15, -0.1) is 0 Å². The molecular formula is C15H19NO2. The SMILES string of the molecule is CC(CC1C(=O)N(C)C(=O)C1C)c1ccccc1. The quantitative estimate of drug-likeness (QED) is 0.767. The third kappa shape index (κ3) is 2.17. The lowest BCUT2D eigenvalue weighted by atomic mass is 9.85. The van der Waals surface area contributed by atoms with Gasteiger partial charge in [0.15, 0.2) is 0 Å². The van der Waals surface area contributed by atoms with Crippen molar-refractivity contribution in [2.45, 2.75) is 26.2 Å². The molecule has 0 aliphatic carbocycles. The molecule has 3 heteroatoms. The standard InChI is InChI=1S/C15H19NO2/c1-10(12-7-5-4-6-8-12)9-13-11(2)14(17)16(3)15(13)18/h4-8,10-11,13H,9H2,1-3H3. The van der Waals surface area contributed by atoms with Crippen LogP contribution in [0.5, 0.6) is 0 Å². The molecule has 3 atom stereocenters. The lowest BCUT2D eigenvalue weighted by Gasteiger charge is -2.17. The molecule has 1 aliphatic rings. The summed E-state index contributed by atoms with van der Waals surface area (Å²) in [4.78, 5) is 25.0. The number of hydrogen-bond acceptors (Lipinski definition) is 2. The van der Waals surface area contributed by atoms with Crippen molar-refractivity contribution < 1.29 is 9.59 Å². The van der Waals surface area contributed by atoms with E-state index in [0.29, 0.717) is 5.92 Å². The molecule has 1 aromatic rings. The lowest BCUT2D eigenvalue weighted by Crippen LogP contribution is -2.26. The van der Waals surface area contributed by atoms with E-state index in [0.717, 1.165) is 6.42 Å². The van der Waals surface area contributed by atoms with Crippen LogP contribution in [-0.2, 0) is 9.59 Å². The van der Waals surface area contributed by atoms with Gasteiger partial charge in [-0.2, -0.15) is 0 Å². The number of benzene rings is 1. The van der Waals surface area contributed by atoms with Gasteiger partial charge in [-0.05, 0) is 17.9 Å². The number of carbonyl (C=O) groups is 2. The minimum atomic E-state index is -0.186. The summed E-state index contributed by atoms with van der Waals surface area (Å²) in [5.41, 5.74) is 1.22. The smallest absolute Gasteiger partial charge is 0.232 e. The maximum Gasteiger partial charge on any atom is 0.232 e. The summed E-state index contributed by atoms with van der Waals surface area (Å²) in [6.45, 7) is 3.96. The van der Waals surface area contributed by atoms with Gasteiger partial charge in [-0.1, -0.05) is 44.2 Å². The Morgan fingerprint density at radius 3 is 2.28 bits per heavy atom. The van der Waals surface area contributed by atoms with Gasteiger partial charge in [0.05, 0.1) is 5.92 Å². The average Bonchev–Trinajstić information content (AvgIpc) is 2.57. The summed E-state index contributed by atoms with van der Waals surface area (Å²) in [6, 6.07) is 10.1. The van der Waals surface area contributed by atoms with Crippen LogP contribution in [0.4, 0.5) is 0 Å². The first-order valence-corrected chi connectivity index (χ1v) is 6.38. The highest BCUT2D eigenvalue weighted by Crippen LogP contribution is 2.33. The molecule has 0 bridgehead atoms. The Morgan fingerprint density at radius 1 is 1.17 bits per heavy atom. The third-order valence-electron chi connectivity index (χ3n) is 3.95. The molecule has 1 saturated heterocycles. The van der Waals surface area contributed by atoms with Crippen LogP contribution in [0.3, 0.4) is 0 Å². The molecule has 0 saturated carbocycles. The van der Waals surface area contributed by atoms with Crippen molar-refractivity contribution in [3.8, 4) is 0 Å². The summed E-state index contributed by atoms with van der Waals surface area (Å²) in [6.07, 6.45) is 0.736. The average molecular weight is 245 g/mol. The molecule has 0 N–H and O–H groups in total. The fraction of sp³-hybridized carbons (Fsp3) is 0.467. The van der Waals surface area contributed by atoms with Gasteiger partial charge in [0.2, 0.25) is 11.8 Å². The van der Waals surface area contributed by atoms with E-state index >= 15 is 0 Å². The third-order valence-corrected chi connectivity index (χ3v) is 3.95. The van der Waals surface area contributed by atoms with Crippen LogP contribution in [-0.4, -0.2) is 23.8 Å². The highest BCUT2D eigenvalue weighted by molar-refractivity contribution is 6.04. The molecule has 3 unspecified atom stereocenters. The zero-order valence-electron chi connectivity index (χ0n) is 11.1. The highest BCUT2D eigenvalue weighted by atomic mass is 16.2. The number of amides is 2. The van der Waals surface area contributed by atoms with E-state index in [9.17, 15) is 9.59 Å². The number of rotatable bonds is 3. The van der Waals surface area contributed by atoms with Crippen LogP contribution in [0, 0.1) is 11.8 Å². The summed E-state index contributed by atoms with van der Waals surface area (Å²) in [5.74, 6) is -0.145. The van der Waals surface area contributed by atoms with E-state index in [2.05, 4.69) is 19.1 Å². The second-order valence-electron chi connectivity index (χ2n) is 5.18. The molecule has 1 heterocycles. The van der Waals surface area contributed by atoms with E-state index in [1.165, 1.54) is 10.5 Å². The predicted octanol–water partition coefficient (Wildman–Crippen LogP) is 2.43. The Kier molecular flexibility index (Phi) is 3.50. The molecular weight excluding hydrogens is 226 g/mol.